The Morgan fingerprint density at radius 1 is 0.897 bits per heavy atom. The summed E-state index contributed by atoms with van der Waals surface area (Å²) in [4.78, 5) is 25.4. The largest absolute Gasteiger partial charge is 0.484 e. The van der Waals surface area contributed by atoms with Gasteiger partial charge >= 0.3 is 10.4 Å². The fraction of sp³-hybridized carbons (Fsp3) is 0.417. The Labute approximate surface area is 232 Å². The van der Waals surface area contributed by atoms with Crippen LogP contribution in [0, 0.1) is 11.6 Å². The summed E-state index contributed by atoms with van der Waals surface area (Å²) < 4.78 is 75.4. The number of nitrogens with one attached hydrogen (secondary N) is 2. The molecule has 0 saturated heterocycles. The van der Waals surface area contributed by atoms with Crippen molar-refractivity contribution in [2.45, 2.75) is 49.3 Å². The van der Waals surface area contributed by atoms with Gasteiger partial charge in [0.05, 0.1) is 15.6 Å². The third-order valence-electron chi connectivity index (χ3n) is 6.84. The van der Waals surface area contributed by atoms with Crippen LogP contribution in [0.2, 0.25) is 10.0 Å². The van der Waals surface area contributed by atoms with Gasteiger partial charge in [-0.05, 0) is 49.9 Å². The predicted molar refractivity (Wildman–Crippen MR) is 135 cm³/mol. The second kappa shape index (κ2) is 11.4. The zero-order chi connectivity index (χ0) is 28.4. The van der Waals surface area contributed by atoms with Crippen molar-refractivity contribution in [1.82, 2.24) is 10.6 Å². The second-order valence-corrected chi connectivity index (χ2v) is 11.3. The third-order valence-corrected chi connectivity index (χ3v) is 7.93. The average molecular weight is 609 g/mol. The minimum Gasteiger partial charge on any atom is -0.484 e. The lowest BCUT2D eigenvalue weighted by Gasteiger charge is -2.56. The molecule has 15 heteroatoms. The van der Waals surface area contributed by atoms with Crippen LogP contribution in [0.4, 0.5) is 8.78 Å². The van der Waals surface area contributed by atoms with Gasteiger partial charge in [-0.2, -0.15) is 8.42 Å². The summed E-state index contributed by atoms with van der Waals surface area (Å²) in [6.45, 7) is -0.955. The minimum absolute atomic E-state index is 0.0440. The molecule has 1 atom stereocenters. The van der Waals surface area contributed by atoms with Gasteiger partial charge in [-0.3, -0.25) is 14.1 Å². The predicted octanol–water partition coefficient (Wildman–Crippen LogP) is 3.61. The van der Waals surface area contributed by atoms with E-state index in [-0.39, 0.29) is 40.8 Å². The Morgan fingerprint density at radius 3 is 1.85 bits per heavy atom. The Bertz CT molecular complexity index is 1370. The van der Waals surface area contributed by atoms with Crippen LogP contribution in [0.1, 0.15) is 32.1 Å². The van der Waals surface area contributed by atoms with Crippen LogP contribution in [0.25, 0.3) is 0 Å². The van der Waals surface area contributed by atoms with Crippen molar-refractivity contribution in [3.63, 3.8) is 0 Å². The van der Waals surface area contributed by atoms with E-state index in [2.05, 4.69) is 10.6 Å². The quantitative estimate of drug-likeness (QED) is 0.348. The normalized spacial score (nSPS) is 24.2. The average Bonchev–Trinajstić information content (AvgIpc) is 2.85. The molecule has 212 valence electrons. The molecule has 1 unspecified atom stereocenters. The van der Waals surface area contributed by atoms with Crippen molar-refractivity contribution in [3.8, 4) is 11.5 Å². The van der Waals surface area contributed by atoms with Crippen molar-refractivity contribution in [3.05, 3.63) is 58.1 Å². The van der Waals surface area contributed by atoms with Gasteiger partial charge in [-0.25, -0.2) is 13.0 Å². The molecule has 0 spiro atoms. The highest BCUT2D eigenvalue weighted by atomic mass is 35.5. The maximum absolute atomic E-state index is 13.6. The van der Waals surface area contributed by atoms with E-state index in [9.17, 15) is 31.3 Å². The molecule has 3 N–H and O–H groups in total. The van der Waals surface area contributed by atoms with E-state index < -0.39 is 64.2 Å². The summed E-state index contributed by atoms with van der Waals surface area (Å²) >= 11 is 11.3. The van der Waals surface area contributed by atoms with Crippen LogP contribution in [0.15, 0.2) is 36.4 Å². The molecule has 0 radical (unpaired) electrons. The number of hydrogen-bond donors (Lipinski definition) is 3. The van der Waals surface area contributed by atoms with Gasteiger partial charge in [-0.15, -0.1) is 0 Å². The first-order chi connectivity index (χ1) is 18.3. The van der Waals surface area contributed by atoms with Crippen molar-refractivity contribution < 1.29 is 45.0 Å². The number of halogens is 4. The van der Waals surface area contributed by atoms with E-state index >= 15 is 0 Å². The lowest BCUT2D eigenvalue weighted by molar-refractivity contribution is -0.135. The number of rotatable bonds is 10. The van der Waals surface area contributed by atoms with Crippen LogP contribution < -0.4 is 20.1 Å². The van der Waals surface area contributed by atoms with Crippen molar-refractivity contribution >= 4 is 45.4 Å². The highest BCUT2D eigenvalue weighted by Gasteiger charge is 2.57. The number of amides is 2. The molecule has 0 aromatic heterocycles. The maximum Gasteiger partial charge on any atom is 0.397 e. The SMILES string of the molecule is O=C(COc1ccc(Cl)c(F)c1)NC12CCC(NC(=O)COc3ccc(Cl)c(F)c3)(CC1)C(OS(=O)(=O)O)C2. The molecule has 10 nitrogen and oxygen atoms in total. The minimum atomic E-state index is -4.91. The first-order valence-corrected chi connectivity index (χ1v) is 13.8. The Balaban J connectivity index is 1.39. The maximum atomic E-state index is 13.6. The molecule has 2 amide bonds. The summed E-state index contributed by atoms with van der Waals surface area (Å²) in [5, 5.41) is 5.38. The smallest absolute Gasteiger partial charge is 0.397 e. The molecule has 2 aromatic carbocycles. The van der Waals surface area contributed by atoms with Gasteiger partial charge in [0, 0.05) is 24.1 Å². The molecular formula is C24H24Cl2F2N2O8S. The van der Waals surface area contributed by atoms with Crippen LogP contribution in [0.3, 0.4) is 0 Å². The zero-order valence-corrected chi connectivity index (χ0v) is 22.5. The number of carbonyl (C=O) groups is 2. The van der Waals surface area contributed by atoms with E-state index in [1.807, 2.05) is 0 Å². The number of carbonyl (C=O) groups excluding carboxylic acids is 2. The lowest BCUT2D eigenvalue weighted by Crippen LogP contribution is -2.71. The molecule has 0 aliphatic heterocycles. The number of ether oxygens (including phenoxy) is 2. The number of fused-ring (bicyclic) bond motifs is 3. The fourth-order valence-electron chi connectivity index (χ4n) is 4.98. The van der Waals surface area contributed by atoms with Gasteiger partial charge in [-0.1, -0.05) is 23.2 Å². The molecule has 39 heavy (non-hydrogen) atoms. The molecule has 3 fully saturated rings. The van der Waals surface area contributed by atoms with Crippen LogP contribution in [-0.2, 0) is 24.2 Å². The summed E-state index contributed by atoms with van der Waals surface area (Å²) in [7, 11) is -4.91. The van der Waals surface area contributed by atoms with E-state index in [1.165, 1.54) is 24.3 Å². The highest BCUT2D eigenvalue weighted by Crippen LogP contribution is 2.48. The van der Waals surface area contributed by atoms with Gasteiger partial charge in [0.2, 0.25) is 0 Å². The van der Waals surface area contributed by atoms with Crippen LogP contribution in [-0.4, -0.2) is 55.2 Å². The zero-order valence-electron chi connectivity index (χ0n) is 20.2. The molecule has 3 aliphatic rings. The van der Waals surface area contributed by atoms with E-state index in [1.54, 1.807) is 0 Å². The summed E-state index contributed by atoms with van der Waals surface area (Å²) in [6, 6.07) is 7.40. The Kier molecular flexibility index (Phi) is 8.57. The van der Waals surface area contributed by atoms with Crippen LogP contribution >= 0.6 is 23.2 Å². The molecular weight excluding hydrogens is 585 g/mol. The highest BCUT2D eigenvalue weighted by molar-refractivity contribution is 7.80. The van der Waals surface area contributed by atoms with Crippen molar-refractivity contribution in [2.75, 3.05) is 13.2 Å². The fourth-order valence-corrected chi connectivity index (χ4v) is 5.76. The van der Waals surface area contributed by atoms with Crippen molar-refractivity contribution in [1.29, 1.82) is 0 Å². The van der Waals surface area contributed by atoms with Gasteiger partial charge < -0.3 is 20.1 Å². The van der Waals surface area contributed by atoms with Crippen molar-refractivity contribution in [2.24, 2.45) is 0 Å². The van der Waals surface area contributed by atoms with E-state index in [4.69, 9.17) is 36.9 Å². The molecule has 0 heterocycles. The molecule has 2 aromatic rings. The van der Waals surface area contributed by atoms with E-state index in [0.29, 0.717) is 12.8 Å². The standard InChI is InChI=1S/C24H24Cl2F2N2O8S/c25-16-3-1-14(9-18(16)27)36-12-21(31)29-23-5-7-24(8-6-23,20(11-23)38-39(33,34)35)30-22(32)13-37-15-2-4-17(26)19(28)10-15/h1-4,9-10,20H,5-8,11-13H2,(H,29,31)(H,30,32)(H,33,34,35). The molecule has 5 rings (SSSR count). The summed E-state index contributed by atoms with van der Waals surface area (Å²) in [6.07, 6.45) is -0.140. The topological polar surface area (TPSA) is 140 Å². The molecule has 3 aliphatic carbocycles. The number of hydrogen-bond acceptors (Lipinski definition) is 7. The third kappa shape index (κ3) is 7.28. The molecule has 2 bridgehead atoms. The summed E-state index contributed by atoms with van der Waals surface area (Å²) in [5.41, 5.74) is -2.07. The van der Waals surface area contributed by atoms with Gasteiger partial charge in [0.15, 0.2) is 13.2 Å². The van der Waals surface area contributed by atoms with Gasteiger partial charge in [0.1, 0.15) is 29.2 Å². The van der Waals surface area contributed by atoms with Crippen LogP contribution in [0.5, 0.6) is 11.5 Å². The van der Waals surface area contributed by atoms with E-state index in [0.717, 1.165) is 12.1 Å². The molecule has 3 saturated carbocycles. The first kappa shape index (κ1) is 29.3. The Morgan fingerprint density at radius 2 is 1.38 bits per heavy atom. The lowest BCUT2D eigenvalue weighted by atomic mass is 9.60. The Hall–Kier alpha value is -2.71. The monoisotopic (exact) mass is 608 g/mol. The summed E-state index contributed by atoms with van der Waals surface area (Å²) in [5.74, 6) is -2.45. The van der Waals surface area contributed by atoms with Gasteiger partial charge in [0.25, 0.3) is 11.8 Å². The first-order valence-electron chi connectivity index (χ1n) is 11.7. The number of benzene rings is 2. The second-order valence-electron chi connectivity index (χ2n) is 9.48.